The molecule has 1 fully saturated rings. The van der Waals surface area contributed by atoms with Crippen LogP contribution in [-0.4, -0.2) is 36.2 Å². The highest BCUT2D eigenvalue weighted by Gasteiger charge is 2.30. The van der Waals surface area contributed by atoms with Gasteiger partial charge in [-0.3, -0.25) is 4.79 Å². The molecule has 0 saturated carbocycles. The van der Waals surface area contributed by atoms with Crippen LogP contribution in [0.4, 0.5) is 24.7 Å². The molecule has 32 heavy (non-hydrogen) atoms. The Bertz CT molecular complexity index is 1070. The van der Waals surface area contributed by atoms with E-state index in [4.69, 9.17) is 4.74 Å². The van der Waals surface area contributed by atoms with Gasteiger partial charge in [-0.1, -0.05) is 12.1 Å². The van der Waals surface area contributed by atoms with E-state index >= 15 is 0 Å². The second-order valence-electron chi connectivity index (χ2n) is 7.76. The van der Waals surface area contributed by atoms with Gasteiger partial charge in [-0.2, -0.15) is 13.2 Å². The molecular weight excluding hydrogens is 439 g/mol. The summed E-state index contributed by atoms with van der Waals surface area (Å²) in [5, 5.41) is 2.82. The zero-order chi connectivity index (χ0) is 22.9. The number of halogens is 3. The van der Waals surface area contributed by atoms with Crippen molar-refractivity contribution in [2.75, 3.05) is 23.3 Å². The zero-order valence-corrected chi connectivity index (χ0v) is 18.3. The van der Waals surface area contributed by atoms with Crippen LogP contribution in [0.1, 0.15) is 29.1 Å². The van der Waals surface area contributed by atoms with Crippen LogP contribution in [0.25, 0.3) is 10.4 Å². The maximum atomic E-state index is 12.7. The van der Waals surface area contributed by atoms with Gasteiger partial charge in [0.2, 0.25) is 0 Å². The number of morpholine rings is 1. The van der Waals surface area contributed by atoms with Crippen molar-refractivity contribution in [3.8, 4) is 10.4 Å². The van der Waals surface area contributed by atoms with Crippen LogP contribution in [0, 0.1) is 0 Å². The number of nitrogens with one attached hydrogen (secondary N) is 1. The summed E-state index contributed by atoms with van der Waals surface area (Å²) in [5.41, 5.74) is 0.493. The maximum Gasteiger partial charge on any atom is 0.416 e. The van der Waals surface area contributed by atoms with Crippen LogP contribution in [-0.2, 0) is 10.9 Å². The zero-order valence-electron chi connectivity index (χ0n) is 17.5. The molecule has 0 bridgehead atoms. The van der Waals surface area contributed by atoms with E-state index in [1.165, 1.54) is 23.5 Å². The maximum absolute atomic E-state index is 12.7. The Morgan fingerprint density at radius 2 is 1.75 bits per heavy atom. The Balaban J connectivity index is 1.41. The molecule has 2 atom stereocenters. The number of ether oxygens (including phenoxy) is 1. The summed E-state index contributed by atoms with van der Waals surface area (Å²) in [6.07, 6.45) is -2.52. The van der Waals surface area contributed by atoms with Gasteiger partial charge in [0.25, 0.3) is 5.91 Å². The molecule has 1 aromatic carbocycles. The molecule has 1 aliphatic rings. The van der Waals surface area contributed by atoms with Crippen LogP contribution in [0.5, 0.6) is 0 Å². The molecule has 0 unspecified atom stereocenters. The van der Waals surface area contributed by atoms with E-state index in [0.29, 0.717) is 21.0 Å². The average Bonchev–Trinajstić information content (AvgIpc) is 3.23. The van der Waals surface area contributed by atoms with Crippen molar-refractivity contribution in [2.45, 2.75) is 32.2 Å². The second kappa shape index (κ2) is 8.91. The number of aromatic nitrogens is 1. The topological polar surface area (TPSA) is 54.5 Å². The van der Waals surface area contributed by atoms with E-state index in [0.717, 1.165) is 31.0 Å². The first-order chi connectivity index (χ1) is 15.2. The van der Waals surface area contributed by atoms with Crippen molar-refractivity contribution in [3.05, 3.63) is 65.2 Å². The lowest BCUT2D eigenvalue weighted by atomic mass is 10.1. The third-order valence-electron chi connectivity index (χ3n) is 5.08. The Hall–Kier alpha value is -2.91. The normalized spacial score (nSPS) is 19.1. The first-order valence-electron chi connectivity index (χ1n) is 10.1. The van der Waals surface area contributed by atoms with Gasteiger partial charge in [-0.15, -0.1) is 11.3 Å². The SMILES string of the molecule is C[C@@H]1CN(c2ccc(NC(=O)c3ccc(-c4ccc(C(F)(F)F)cc4)s3)cn2)C[C@H](C)O1. The molecule has 3 heterocycles. The number of nitrogens with zero attached hydrogens (tertiary/aromatic N) is 2. The number of hydrogen-bond donors (Lipinski definition) is 1. The number of rotatable bonds is 4. The number of pyridine rings is 1. The fourth-order valence-electron chi connectivity index (χ4n) is 3.64. The van der Waals surface area contributed by atoms with Gasteiger partial charge in [0.1, 0.15) is 5.82 Å². The number of amides is 1. The Kier molecular flexibility index (Phi) is 6.21. The number of benzene rings is 1. The first kappa shape index (κ1) is 22.3. The molecule has 0 radical (unpaired) electrons. The smallest absolute Gasteiger partial charge is 0.372 e. The predicted molar refractivity (Wildman–Crippen MR) is 119 cm³/mol. The average molecular weight is 462 g/mol. The summed E-state index contributed by atoms with van der Waals surface area (Å²) in [5.74, 6) is 0.530. The van der Waals surface area contributed by atoms with E-state index < -0.39 is 11.7 Å². The van der Waals surface area contributed by atoms with Crippen LogP contribution in [0.15, 0.2) is 54.7 Å². The van der Waals surface area contributed by atoms with Crippen molar-refractivity contribution >= 4 is 28.7 Å². The number of carbonyl (C=O) groups is 1. The van der Waals surface area contributed by atoms with Crippen molar-refractivity contribution in [3.63, 3.8) is 0 Å². The van der Waals surface area contributed by atoms with Gasteiger partial charge in [-0.05, 0) is 55.8 Å². The van der Waals surface area contributed by atoms with Gasteiger partial charge in [0.05, 0.1) is 34.5 Å². The molecule has 168 valence electrons. The molecule has 1 amide bonds. The lowest BCUT2D eigenvalue weighted by Gasteiger charge is -2.36. The molecule has 0 spiro atoms. The minimum atomic E-state index is -4.37. The molecule has 2 aromatic heterocycles. The van der Waals surface area contributed by atoms with Gasteiger partial charge < -0.3 is 15.0 Å². The highest BCUT2D eigenvalue weighted by molar-refractivity contribution is 7.17. The highest BCUT2D eigenvalue weighted by atomic mass is 32.1. The standard InChI is InChI=1S/C23H22F3N3O2S/c1-14-12-29(13-15(2)31-14)21-10-7-18(11-27-21)28-22(30)20-9-8-19(32-20)16-3-5-17(6-4-16)23(24,25)26/h3-11,14-15H,12-13H2,1-2H3,(H,28,30)/t14-,15+. The first-order valence-corrected chi connectivity index (χ1v) is 11.0. The Morgan fingerprint density at radius 3 is 2.34 bits per heavy atom. The van der Waals surface area contributed by atoms with Crippen molar-refractivity contribution in [1.82, 2.24) is 4.98 Å². The molecule has 9 heteroatoms. The van der Waals surface area contributed by atoms with Gasteiger partial charge >= 0.3 is 6.18 Å². The third-order valence-corrected chi connectivity index (χ3v) is 6.21. The highest BCUT2D eigenvalue weighted by Crippen LogP contribution is 2.33. The molecule has 3 aromatic rings. The molecule has 1 saturated heterocycles. The largest absolute Gasteiger partial charge is 0.416 e. The van der Waals surface area contributed by atoms with Gasteiger partial charge in [0, 0.05) is 18.0 Å². The van der Waals surface area contributed by atoms with E-state index in [9.17, 15) is 18.0 Å². The van der Waals surface area contributed by atoms with Crippen molar-refractivity contribution in [1.29, 1.82) is 0 Å². The summed E-state index contributed by atoms with van der Waals surface area (Å²) < 4.78 is 44.0. The minimum absolute atomic E-state index is 0.123. The summed E-state index contributed by atoms with van der Waals surface area (Å²) >= 11 is 1.22. The number of hydrogen-bond acceptors (Lipinski definition) is 5. The van der Waals surface area contributed by atoms with Crippen LogP contribution in [0.2, 0.25) is 0 Å². The Labute approximate surface area is 187 Å². The molecule has 1 aliphatic heterocycles. The van der Waals surface area contributed by atoms with Crippen molar-refractivity contribution < 1.29 is 22.7 Å². The molecule has 5 nitrogen and oxygen atoms in total. The fourth-order valence-corrected chi connectivity index (χ4v) is 4.55. The number of carbonyl (C=O) groups excluding carboxylic acids is 1. The van der Waals surface area contributed by atoms with Crippen molar-refractivity contribution in [2.24, 2.45) is 0 Å². The molecule has 4 rings (SSSR count). The van der Waals surface area contributed by atoms with Gasteiger partial charge in [0.15, 0.2) is 0 Å². The lowest BCUT2D eigenvalue weighted by Crippen LogP contribution is -2.45. The summed E-state index contributed by atoms with van der Waals surface area (Å²) in [6, 6.07) is 11.9. The third kappa shape index (κ3) is 5.11. The van der Waals surface area contributed by atoms with Gasteiger partial charge in [-0.25, -0.2) is 4.98 Å². The quantitative estimate of drug-likeness (QED) is 0.542. The minimum Gasteiger partial charge on any atom is -0.372 e. The second-order valence-corrected chi connectivity index (χ2v) is 8.84. The molecule has 0 aliphatic carbocycles. The van der Waals surface area contributed by atoms with Crippen LogP contribution < -0.4 is 10.2 Å². The summed E-state index contributed by atoms with van der Waals surface area (Å²) in [7, 11) is 0. The summed E-state index contributed by atoms with van der Waals surface area (Å²) in [6.45, 7) is 5.56. The fraction of sp³-hybridized carbons (Fsp3) is 0.304. The number of thiophene rings is 1. The monoisotopic (exact) mass is 461 g/mol. The van der Waals surface area contributed by atoms with E-state index in [1.54, 1.807) is 24.4 Å². The molecular formula is C23H22F3N3O2S. The van der Waals surface area contributed by atoms with E-state index in [1.807, 2.05) is 19.9 Å². The van der Waals surface area contributed by atoms with E-state index in [2.05, 4.69) is 15.2 Å². The predicted octanol–water partition coefficient (Wildman–Crippen LogP) is 5.69. The Morgan fingerprint density at radius 1 is 1.06 bits per heavy atom. The van der Waals surface area contributed by atoms with Crippen LogP contribution >= 0.6 is 11.3 Å². The lowest BCUT2D eigenvalue weighted by molar-refractivity contribution is -0.137. The van der Waals surface area contributed by atoms with E-state index in [-0.39, 0.29) is 18.1 Å². The summed E-state index contributed by atoms with van der Waals surface area (Å²) in [4.78, 5) is 20.4. The van der Waals surface area contributed by atoms with Crippen LogP contribution in [0.3, 0.4) is 0 Å². The number of anilines is 2. The number of alkyl halides is 3. The molecule has 1 N–H and O–H groups in total.